The zero-order valence-electron chi connectivity index (χ0n) is 4.78. The predicted molar refractivity (Wildman–Crippen MR) is 34.2 cm³/mol. The highest BCUT2D eigenvalue weighted by Crippen LogP contribution is 2.29. The number of aliphatic carboxylic acids is 1. The van der Waals surface area contributed by atoms with Gasteiger partial charge in [0.15, 0.2) is 0 Å². The average Bonchev–Trinajstić information content (AvgIpc) is 2.14. The smallest absolute Gasteiger partial charge is 0.307 e. The van der Waals surface area contributed by atoms with Gasteiger partial charge in [0.05, 0.1) is 5.92 Å². The SMILES string of the molecule is O=C(O)[C@H]1CS[C@@H](O)C1. The molecule has 0 aromatic heterocycles. The van der Waals surface area contributed by atoms with Crippen molar-refractivity contribution in [1.82, 2.24) is 0 Å². The quantitative estimate of drug-likeness (QED) is 0.555. The van der Waals surface area contributed by atoms with E-state index in [0.717, 1.165) is 0 Å². The minimum atomic E-state index is -0.793. The van der Waals surface area contributed by atoms with Crippen LogP contribution in [0.1, 0.15) is 6.42 Å². The molecule has 0 aromatic rings. The average molecular weight is 148 g/mol. The van der Waals surface area contributed by atoms with Crippen LogP contribution in [0.15, 0.2) is 0 Å². The Bertz CT molecular complexity index is 125. The summed E-state index contributed by atoms with van der Waals surface area (Å²) in [6.45, 7) is 0. The molecular formula is C5H8O3S. The number of hydrogen-bond acceptors (Lipinski definition) is 3. The van der Waals surface area contributed by atoms with Crippen molar-refractivity contribution in [2.45, 2.75) is 11.9 Å². The van der Waals surface area contributed by atoms with Crippen LogP contribution >= 0.6 is 11.8 Å². The topological polar surface area (TPSA) is 57.5 Å². The maximum atomic E-state index is 10.2. The van der Waals surface area contributed by atoms with E-state index in [0.29, 0.717) is 12.2 Å². The maximum absolute atomic E-state index is 10.2. The molecule has 1 heterocycles. The molecule has 4 heteroatoms. The van der Waals surface area contributed by atoms with Crippen molar-refractivity contribution in [3.63, 3.8) is 0 Å². The van der Waals surface area contributed by atoms with Crippen molar-refractivity contribution in [3.05, 3.63) is 0 Å². The number of carbonyl (C=O) groups is 1. The summed E-state index contributed by atoms with van der Waals surface area (Å²) >= 11 is 1.31. The number of rotatable bonds is 1. The van der Waals surface area contributed by atoms with Crippen LogP contribution in [0.3, 0.4) is 0 Å². The van der Waals surface area contributed by atoms with E-state index in [1.165, 1.54) is 11.8 Å². The lowest BCUT2D eigenvalue weighted by Crippen LogP contribution is -2.12. The third kappa shape index (κ3) is 1.59. The fraction of sp³-hybridized carbons (Fsp3) is 0.800. The Morgan fingerprint density at radius 3 is 2.56 bits per heavy atom. The highest BCUT2D eigenvalue weighted by molar-refractivity contribution is 8.00. The lowest BCUT2D eigenvalue weighted by atomic mass is 10.1. The van der Waals surface area contributed by atoms with E-state index in [2.05, 4.69) is 0 Å². The summed E-state index contributed by atoms with van der Waals surface area (Å²) in [4.78, 5) is 10.2. The van der Waals surface area contributed by atoms with Gasteiger partial charge in [0.25, 0.3) is 0 Å². The van der Waals surface area contributed by atoms with Gasteiger partial charge in [0.1, 0.15) is 5.44 Å². The van der Waals surface area contributed by atoms with Crippen LogP contribution in [0.4, 0.5) is 0 Å². The number of thioether (sulfide) groups is 1. The van der Waals surface area contributed by atoms with Crippen LogP contribution in [0.2, 0.25) is 0 Å². The lowest BCUT2D eigenvalue weighted by molar-refractivity contribution is -0.141. The summed E-state index contributed by atoms with van der Waals surface area (Å²) in [6.07, 6.45) is 0.403. The molecule has 1 fully saturated rings. The largest absolute Gasteiger partial charge is 0.481 e. The molecule has 1 saturated heterocycles. The van der Waals surface area contributed by atoms with Crippen molar-refractivity contribution in [1.29, 1.82) is 0 Å². The van der Waals surface area contributed by atoms with Crippen LogP contribution in [0.5, 0.6) is 0 Å². The maximum Gasteiger partial charge on any atom is 0.307 e. The molecule has 1 aliphatic rings. The number of carboxylic acids is 1. The third-order valence-corrected chi connectivity index (χ3v) is 2.50. The molecule has 3 nitrogen and oxygen atoms in total. The molecule has 52 valence electrons. The van der Waals surface area contributed by atoms with E-state index in [-0.39, 0.29) is 5.92 Å². The van der Waals surface area contributed by atoms with Crippen molar-refractivity contribution >= 4 is 17.7 Å². The summed E-state index contributed by atoms with van der Waals surface area (Å²) in [5.41, 5.74) is -0.453. The molecule has 0 bridgehead atoms. The highest BCUT2D eigenvalue weighted by Gasteiger charge is 2.28. The fourth-order valence-electron chi connectivity index (χ4n) is 0.779. The standard InChI is InChI=1S/C5H8O3S/c6-4-1-3(2-9-4)5(7)8/h3-4,6H,1-2H2,(H,7,8)/t3-,4-/m1/s1. The summed E-state index contributed by atoms with van der Waals surface area (Å²) < 4.78 is 0. The summed E-state index contributed by atoms with van der Waals surface area (Å²) in [5.74, 6) is -0.569. The Hall–Kier alpha value is -0.220. The van der Waals surface area contributed by atoms with Crippen molar-refractivity contribution in [2.75, 3.05) is 5.75 Å². The first-order chi connectivity index (χ1) is 4.20. The Labute approximate surface area is 57.1 Å². The molecule has 0 spiro atoms. The van der Waals surface area contributed by atoms with Crippen molar-refractivity contribution in [2.24, 2.45) is 5.92 Å². The van der Waals surface area contributed by atoms with Gasteiger partial charge in [-0.05, 0) is 6.42 Å². The third-order valence-electron chi connectivity index (χ3n) is 1.33. The van der Waals surface area contributed by atoms with Gasteiger partial charge in [0.2, 0.25) is 0 Å². The van der Waals surface area contributed by atoms with Crippen LogP contribution in [-0.2, 0) is 4.79 Å². The number of carboxylic acid groups (broad SMARTS) is 1. The molecule has 1 aliphatic heterocycles. The second-order valence-electron chi connectivity index (χ2n) is 2.06. The molecule has 1 rings (SSSR count). The first kappa shape index (κ1) is 6.89. The number of aliphatic hydroxyl groups is 1. The second-order valence-corrected chi connectivity index (χ2v) is 3.27. The normalized spacial score (nSPS) is 34.8. The van der Waals surface area contributed by atoms with Gasteiger partial charge >= 0.3 is 5.97 Å². The highest BCUT2D eigenvalue weighted by atomic mass is 32.2. The van der Waals surface area contributed by atoms with E-state index in [1.54, 1.807) is 0 Å². The van der Waals surface area contributed by atoms with Gasteiger partial charge in [-0.3, -0.25) is 4.79 Å². The van der Waals surface area contributed by atoms with Gasteiger partial charge in [-0.2, -0.15) is 0 Å². The molecule has 0 aromatic carbocycles. The molecule has 0 amide bonds. The van der Waals surface area contributed by atoms with Gasteiger partial charge < -0.3 is 10.2 Å². The minimum absolute atomic E-state index is 0.329. The van der Waals surface area contributed by atoms with E-state index >= 15 is 0 Å². The first-order valence-corrected chi connectivity index (χ1v) is 3.77. The van der Waals surface area contributed by atoms with Gasteiger partial charge in [-0.15, -0.1) is 11.8 Å². The number of aliphatic hydroxyl groups excluding tert-OH is 1. The first-order valence-electron chi connectivity index (χ1n) is 2.72. The Balaban J connectivity index is 2.39. The van der Waals surface area contributed by atoms with Gasteiger partial charge in [-0.25, -0.2) is 0 Å². The summed E-state index contributed by atoms with van der Waals surface area (Å²) in [6, 6.07) is 0. The van der Waals surface area contributed by atoms with E-state index in [9.17, 15) is 4.79 Å². The monoisotopic (exact) mass is 148 g/mol. The van der Waals surface area contributed by atoms with Gasteiger partial charge in [0, 0.05) is 5.75 Å². The van der Waals surface area contributed by atoms with Crippen LogP contribution in [0, 0.1) is 5.92 Å². The van der Waals surface area contributed by atoms with Crippen LogP contribution in [-0.4, -0.2) is 27.4 Å². The van der Waals surface area contributed by atoms with E-state index < -0.39 is 11.4 Å². The van der Waals surface area contributed by atoms with Crippen molar-refractivity contribution < 1.29 is 15.0 Å². The van der Waals surface area contributed by atoms with E-state index in [4.69, 9.17) is 10.2 Å². The van der Waals surface area contributed by atoms with Crippen LogP contribution in [0.25, 0.3) is 0 Å². The Morgan fingerprint density at radius 1 is 1.67 bits per heavy atom. The van der Waals surface area contributed by atoms with E-state index in [1.807, 2.05) is 0 Å². The van der Waals surface area contributed by atoms with Gasteiger partial charge in [-0.1, -0.05) is 0 Å². The van der Waals surface area contributed by atoms with Crippen molar-refractivity contribution in [3.8, 4) is 0 Å². The molecule has 0 unspecified atom stereocenters. The zero-order valence-corrected chi connectivity index (χ0v) is 5.60. The lowest BCUT2D eigenvalue weighted by Gasteiger charge is -1.97. The summed E-state index contributed by atoms with van der Waals surface area (Å²) in [5, 5.41) is 17.3. The number of hydrogen-bond donors (Lipinski definition) is 2. The molecule has 9 heavy (non-hydrogen) atoms. The predicted octanol–water partition coefficient (Wildman–Crippen LogP) is 0.142. The molecule has 0 radical (unpaired) electrons. The zero-order chi connectivity index (χ0) is 6.85. The Kier molecular flexibility index (Phi) is 1.97. The van der Waals surface area contributed by atoms with Crippen LogP contribution < -0.4 is 0 Å². The minimum Gasteiger partial charge on any atom is -0.481 e. The second kappa shape index (κ2) is 2.58. The molecule has 0 aliphatic carbocycles. The summed E-state index contributed by atoms with van der Waals surface area (Å²) in [7, 11) is 0. The molecule has 2 atom stereocenters. The molecular weight excluding hydrogens is 140 g/mol. The molecule has 2 N–H and O–H groups in total. The molecule has 0 saturated carbocycles. The Morgan fingerprint density at radius 2 is 2.33 bits per heavy atom. The fourth-order valence-corrected chi connectivity index (χ4v) is 1.88.